The maximum Gasteiger partial charge on any atom is 0.260 e. The molecule has 34 heavy (non-hydrogen) atoms. The van der Waals surface area contributed by atoms with E-state index in [1.54, 1.807) is 0 Å². The van der Waals surface area contributed by atoms with E-state index in [1.165, 1.54) is 16.5 Å². The van der Waals surface area contributed by atoms with Gasteiger partial charge < -0.3 is 14.4 Å². The molecule has 0 radical (unpaired) electrons. The summed E-state index contributed by atoms with van der Waals surface area (Å²) >= 11 is 0. The van der Waals surface area contributed by atoms with Crippen LogP contribution in [0.4, 0.5) is 8.78 Å². The van der Waals surface area contributed by atoms with Crippen molar-refractivity contribution in [1.82, 2.24) is 4.90 Å². The van der Waals surface area contributed by atoms with Crippen LogP contribution in [0.3, 0.4) is 0 Å². The molecule has 4 rings (SSSR count). The highest BCUT2D eigenvalue weighted by Gasteiger charge is 2.23. The van der Waals surface area contributed by atoms with Crippen molar-refractivity contribution in [3.8, 4) is 5.75 Å². The second-order valence-electron chi connectivity index (χ2n) is 8.80. The van der Waals surface area contributed by atoms with E-state index >= 15 is 0 Å². The van der Waals surface area contributed by atoms with Gasteiger partial charge in [-0.15, -0.1) is 0 Å². The van der Waals surface area contributed by atoms with E-state index in [0.29, 0.717) is 25.6 Å². The summed E-state index contributed by atoms with van der Waals surface area (Å²) in [7, 11) is 0. The fourth-order valence-electron chi connectivity index (χ4n) is 4.12. The molecule has 1 aliphatic heterocycles. The summed E-state index contributed by atoms with van der Waals surface area (Å²) < 4.78 is 40.3. The summed E-state index contributed by atoms with van der Waals surface area (Å²) in [5.41, 5.74) is 3.72. The topological polar surface area (TPSA) is 38.8 Å². The zero-order valence-electron chi connectivity index (χ0n) is 19.5. The monoisotopic (exact) mass is 465 g/mol. The summed E-state index contributed by atoms with van der Waals surface area (Å²) in [4.78, 5) is 14.5. The maximum absolute atomic E-state index is 14.3. The predicted molar refractivity (Wildman–Crippen MR) is 127 cm³/mol. The van der Waals surface area contributed by atoms with Crippen molar-refractivity contribution in [1.29, 1.82) is 0 Å². The molecule has 1 aliphatic rings. The highest BCUT2D eigenvalue weighted by molar-refractivity contribution is 5.94. The minimum absolute atomic E-state index is 0.200. The Morgan fingerprint density at radius 2 is 1.65 bits per heavy atom. The first-order valence-electron chi connectivity index (χ1n) is 11.6. The molecule has 0 spiro atoms. The molecule has 4 nitrogen and oxygen atoms in total. The molecule has 0 saturated heterocycles. The van der Waals surface area contributed by atoms with Crippen LogP contribution >= 0.6 is 0 Å². The Hall–Kier alpha value is -3.25. The van der Waals surface area contributed by atoms with Crippen LogP contribution in [0.2, 0.25) is 0 Å². The molecular weight excluding hydrogens is 436 g/mol. The average Bonchev–Trinajstić information content (AvgIpc) is 2.80. The number of hydrogen-bond donors (Lipinski definition) is 0. The molecule has 2 bridgehead atoms. The van der Waals surface area contributed by atoms with Gasteiger partial charge in [-0.05, 0) is 46.4 Å². The molecule has 1 amide bonds. The second-order valence-corrected chi connectivity index (χ2v) is 8.80. The Morgan fingerprint density at radius 1 is 0.912 bits per heavy atom. The lowest BCUT2D eigenvalue weighted by atomic mass is 9.96. The fraction of sp³-hybridized carbons (Fsp3) is 0.321. The zero-order valence-corrected chi connectivity index (χ0v) is 19.5. The van der Waals surface area contributed by atoms with E-state index < -0.39 is 23.1 Å². The quantitative estimate of drug-likeness (QED) is 0.485. The standard InChI is InChI=1S/C28H29F2NO3/c1-19(2)22-9-10-26-23(17-22)16-20-5-3-6-21(15-20)18-31(11-12-33-13-14-34-26)28(32)27-24(29)7-4-8-25(27)30/h3-10,15,17,19H,11-14,16,18H2,1-2H3. The normalized spacial score (nSPS) is 14.8. The fourth-order valence-corrected chi connectivity index (χ4v) is 4.12. The van der Waals surface area contributed by atoms with Gasteiger partial charge in [0.2, 0.25) is 0 Å². The van der Waals surface area contributed by atoms with E-state index in [2.05, 4.69) is 26.0 Å². The number of carbonyl (C=O) groups excluding carboxylic acids is 1. The predicted octanol–water partition coefficient (Wildman–Crippen LogP) is 5.73. The number of fused-ring (bicyclic) bond motifs is 3. The number of carbonyl (C=O) groups is 1. The van der Waals surface area contributed by atoms with Crippen molar-refractivity contribution in [3.63, 3.8) is 0 Å². The molecule has 0 N–H and O–H groups in total. The van der Waals surface area contributed by atoms with Crippen molar-refractivity contribution < 1.29 is 23.0 Å². The molecule has 178 valence electrons. The first-order chi connectivity index (χ1) is 16.4. The van der Waals surface area contributed by atoms with Crippen molar-refractivity contribution in [3.05, 3.63) is 100 Å². The Labute approximate surface area is 199 Å². The van der Waals surface area contributed by atoms with Gasteiger partial charge in [-0.2, -0.15) is 0 Å². The van der Waals surface area contributed by atoms with Crippen LogP contribution in [0.5, 0.6) is 5.75 Å². The number of benzene rings is 3. The molecule has 1 heterocycles. The van der Waals surface area contributed by atoms with Crippen LogP contribution < -0.4 is 4.74 Å². The molecular formula is C28H29F2NO3. The van der Waals surface area contributed by atoms with Gasteiger partial charge in [-0.3, -0.25) is 4.79 Å². The van der Waals surface area contributed by atoms with Gasteiger partial charge in [0.25, 0.3) is 5.91 Å². The van der Waals surface area contributed by atoms with E-state index in [4.69, 9.17) is 9.47 Å². The van der Waals surface area contributed by atoms with E-state index in [-0.39, 0.29) is 19.7 Å². The maximum atomic E-state index is 14.3. The summed E-state index contributed by atoms with van der Waals surface area (Å²) in [6, 6.07) is 17.6. The van der Waals surface area contributed by atoms with E-state index in [9.17, 15) is 13.6 Å². The summed E-state index contributed by atoms with van der Waals surface area (Å²) in [6.07, 6.45) is 0.667. The van der Waals surface area contributed by atoms with Gasteiger partial charge in [0.05, 0.1) is 13.2 Å². The van der Waals surface area contributed by atoms with Gasteiger partial charge >= 0.3 is 0 Å². The van der Waals surface area contributed by atoms with Gasteiger partial charge in [-0.1, -0.05) is 56.3 Å². The third-order valence-corrected chi connectivity index (χ3v) is 5.97. The van der Waals surface area contributed by atoms with Crippen molar-refractivity contribution in [2.45, 2.75) is 32.7 Å². The molecule has 6 heteroatoms. The molecule has 0 fully saturated rings. The second kappa shape index (κ2) is 10.8. The van der Waals surface area contributed by atoms with Gasteiger partial charge in [-0.25, -0.2) is 8.78 Å². The van der Waals surface area contributed by atoms with Gasteiger partial charge in [0, 0.05) is 19.5 Å². The highest BCUT2D eigenvalue weighted by Crippen LogP contribution is 2.27. The summed E-state index contributed by atoms with van der Waals surface area (Å²) in [6.45, 7) is 5.67. The molecule has 0 saturated carbocycles. The Morgan fingerprint density at radius 3 is 2.41 bits per heavy atom. The SMILES string of the molecule is CC(C)c1ccc2c(c1)Cc1cccc(c1)CN(C(=O)c1c(F)cccc1F)CCOCCO2. The number of amides is 1. The van der Waals surface area contributed by atoms with Crippen molar-refractivity contribution in [2.24, 2.45) is 0 Å². The molecule has 0 aliphatic carbocycles. The number of ether oxygens (including phenoxy) is 2. The van der Waals surface area contributed by atoms with Gasteiger partial charge in [0.1, 0.15) is 29.6 Å². The van der Waals surface area contributed by atoms with Crippen LogP contribution in [0.15, 0.2) is 60.7 Å². The van der Waals surface area contributed by atoms with Crippen LogP contribution in [-0.2, 0) is 17.7 Å². The minimum Gasteiger partial charge on any atom is -0.491 e. The highest BCUT2D eigenvalue weighted by atomic mass is 19.1. The lowest BCUT2D eigenvalue weighted by molar-refractivity contribution is 0.0564. The molecule has 0 aromatic heterocycles. The molecule has 0 unspecified atom stereocenters. The van der Waals surface area contributed by atoms with Crippen molar-refractivity contribution >= 4 is 5.91 Å². The molecule has 0 atom stereocenters. The molecule has 3 aromatic rings. The Bertz CT molecular complexity index is 1140. The number of halogens is 2. The third kappa shape index (κ3) is 5.62. The number of hydrogen-bond acceptors (Lipinski definition) is 3. The summed E-state index contributed by atoms with van der Waals surface area (Å²) in [5, 5.41) is 0. The van der Waals surface area contributed by atoms with Crippen LogP contribution in [0.25, 0.3) is 0 Å². The molecule has 3 aromatic carbocycles. The van der Waals surface area contributed by atoms with Crippen molar-refractivity contribution in [2.75, 3.05) is 26.4 Å². The first kappa shape index (κ1) is 23.9. The van der Waals surface area contributed by atoms with Crippen LogP contribution in [0, 0.1) is 11.6 Å². The Balaban J connectivity index is 1.66. The van der Waals surface area contributed by atoms with Crippen LogP contribution in [0.1, 0.15) is 52.4 Å². The number of nitrogens with zero attached hydrogens (tertiary/aromatic N) is 1. The third-order valence-electron chi connectivity index (χ3n) is 5.97. The van der Waals surface area contributed by atoms with E-state index in [1.807, 2.05) is 30.3 Å². The largest absolute Gasteiger partial charge is 0.491 e. The smallest absolute Gasteiger partial charge is 0.260 e. The average molecular weight is 466 g/mol. The lowest BCUT2D eigenvalue weighted by Gasteiger charge is -2.24. The van der Waals surface area contributed by atoms with Gasteiger partial charge in [0.15, 0.2) is 0 Å². The van der Waals surface area contributed by atoms with E-state index in [0.717, 1.165) is 34.6 Å². The first-order valence-corrected chi connectivity index (χ1v) is 11.6. The number of rotatable bonds is 2. The summed E-state index contributed by atoms with van der Waals surface area (Å²) in [5.74, 6) is -1.20. The minimum atomic E-state index is -0.870. The Kier molecular flexibility index (Phi) is 7.58. The van der Waals surface area contributed by atoms with Crippen LogP contribution in [-0.4, -0.2) is 37.2 Å². The lowest BCUT2D eigenvalue weighted by Crippen LogP contribution is -2.35. The zero-order chi connectivity index (χ0) is 24.1.